The van der Waals surface area contributed by atoms with Crippen LogP contribution in [0.25, 0.3) is 0 Å². The van der Waals surface area contributed by atoms with Crippen molar-refractivity contribution >= 4 is 17.7 Å². The summed E-state index contributed by atoms with van der Waals surface area (Å²) in [6.07, 6.45) is 0. The number of hydrogen-bond donors (Lipinski definition) is 3. The van der Waals surface area contributed by atoms with E-state index in [1.54, 1.807) is 13.0 Å². The van der Waals surface area contributed by atoms with Crippen LogP contribution >= 0.6 is 0 Å². The van der Waals surface area contributed by atoms with Crippen LogP contribution in [0.15, 0.2) is 18.2 Å². The molecule has 0 aromatic carbocycles. The Labute approximate surface area is 86.1 Å². The lowest BCUT2D eigenvalue weighted by molar-refractivity contribution is -0.118. The van der Waals surface area contributed by atoms with Crippen molar-refractivity contribution in [3.05, 3.63) is 23.9 Å². The normalized spacial score (nSPS) is 11.8. The Bertz CT molecular complexity index is 392. The van der Waals surface area contributed by atoms with Crippen molar-refractivity contribution in [3.8, 4) is 0 Å². The van der Waals surface area contributed by atoms with Gasteiger partial charge in [-0.2, -0.15) is 0 Å². The van der Waals surface area contributed by atoms with Gasteiger partial charge >= 0.3 is 5.97 Å². The molecule has 1 atom stereocenters. The Morgan fingerprint density at radius 3 is 2.73 bits per heavy atom. The average molecular weight is 209 g/mol. The largest absolute Gasteiger partial charge is 0.477 e. The summed E-state index contributed by atoms with van der Waals surface area (Å²) in [4.78, 5) is 25.1. The highest BCUT2D eigenvalue weighted by Gasteiger charge is 2.10. The number of carbonyl (C=O) groups excluding carboxylic acids is 1. The topological polar surface area (TPSA) is 105 Å². The van der Waals surface area contributed by atoms with Crippen molar-refractivity contribution in [2.45, 2.75) is 13.0 Å². The van der Waals surface area contributed by atoms with Gasteiger partial charge in [-0.15, -0.1) is 0 Å². The summed E-state index contributed by atoms with van der Waals surface area (Å²) < 4.78 is 0. The fourth-order valence-corrected chi connectivity index (χ4v) is 0.927. The Kier molecular flexibility index (Phi) is 3.22. The molecule has 1 amide bonds. The first-order valence-electron chi connectivity index (χ1n) is 4.27. The highest BCUT2D eigenvalue weighted by Crippen LogP contribution is 2.06. The summed E-state index contributed by atoms with van der Waals surface area (Å²) in [6.45, 7) is 1.57. The molecular formula is C9H11N3O3. The molecule has 0 spiro atoms. The maximum atomic E-state index is 10.7. The van der Waals surface area contributed by atoms with Crippen molar-refractivity contribution in [1.82, 2.24) is 4.98 Å². The van der Waals surface area contributed by atoms with Gasteiger partial charge in [0.25, 0.3) is 0 Å². The van der Waals surface area contributed by atoms with Crippen LogP contribution in [-0.4, -0.2) is 28.0 Å². The molecule has 1 aromatic heterocycles. The van der Waals surface area contributed by atoms with Crippen molar-refractivity contribution < 1.29 is 14.7 Å². The molecule has 1 aromatic rings. The van der Waals surface area contributed by atoms with Crippen molar-refractivity contribution in [1.29, 1.82) is 0 Å². The molecule has 4 N–H and O–H groups in total. The van der Waals surface area contributed by atoms with Crippen LogP contribution in [0.2, 0.25) is 0 Å². The minimum Gasteiger partial charge on any atom is -0.477 e. The smallest absolute Gasteiger partial charge is 0.354 e. The number of carboxylic acids is 1. The van der Waals surface area contributed by atoms with Gasteiger partial charge in [0.2, 0.25) is 5.91 Å². The Hall–Kier alpha value is -2.11. The lowest BCUT2D eigenvalue weighted by Gasteiger charge is -2.10. The highest BCUT2D eigenvalue weighted by molar-refractivity contribution is 5.86. The summed E-state index contributed by atoms with van der Waals surface area (Å²) in [6, 6.07) is 3.86. The zero-order chi connectivity index (χ0) is 11.4. The number of primary amides is 1. The first-order chi connectivity index (χ1) is 7.00. The highest BCUT2D eigenvalue weighted by atomic mass is 16.4. The van der Waals surface area contributed by atoms with E-state index in [2.05, 4.69) is 10.3 Å². The number of pyridine rings is 1. The molecule has 80 valence electrons. The Morgan fingerprint density at radius 1 is 1.53 bits per heavy atom. The van der Waals surface area contributed by atoms with Crippen LogP contribution in [0, 0.1) is 0 Å². The van der Waals surface area contributed by atoms with E-state index in [1.165, 1.54) is 12.1 Å². The van der Waals surface area contributed by atoms with Gasteiger partial charge in [-0.05, 0) is 19.1 Å². The van der Waals surface area contributed by atoms with Gasteiger partial charge in [0, 0.05) is 0 Å². The van der Waals surface area contributed by atoms with E-state index in [1.807, 2.05) is 0 Å². The van der Waals surface area contributed by atoms with Gasteiger partial charge in [0.05, 0.1) is 0 Å². The quantitative estimate of drug-likeness (QED) is 0.650. The zero-order valence-corrected chi connectivity index (χ0v) is 8.10. The SMILES string of the molecule is CC(Nc1cccc(C(=O)O)n1)C(N)=O. The van der Waals surface area contributed by atoms with Gasteiger partial charge in [0.1, 0.15) is 11.9 Å². The maximum absolute atomic E-state index is 10.7. The van der Waals surface area contributed by atoms with E-state index in [-0.39, 0.29) is 5.69 Å². The average Bonchev–Trinajstić information content (AvgIpc) is 2.18. The molecule has 0 aliphatic heterocycles. The zero-order valence-electron chi connectivity index (χ0n) is 8.10. The molecule has 0 aliphatic rings. The van der Waals surface area contributed by atoms with Crippen LogP contribution in [0.5, 0.6) is 0 Å². The van der Waals surface area contributed by atoms with E-state index < -0.39 is 17.9 Å². The number of carboxylic acid groups (broad SMARTS) is 1. The monoisotopic (exact) mass is 209 g/mol. The van der Waals surface area contributed by atoms with Gasteiger partial charge in [-0.3, -0.25) is 4.79 Å². The minimum atomic E-state index is -1.12. The molecule has 6 heteroatoms. The van der Waals surface area contributed by atoms with Gasteiger partial charge in [-0.25, -0.2) is 9.78 Å². The van der Waals surface area contributed by atoms with Crippen molar-refractivity contribution in [2.24, 2.45) is 5.73 Å². The predicted molar refractivity (Wildman–Crippen MR) is 53.5 cm³/mol. The van der Waals surface area contributed by atoms with Crippen LogP contribution < -0.4 is 11.1 Å². The first-order valence-corrected chi connectivity index (χ1v) is 4.27. The molecule has 15 heavy (non-hydrogen) atoms. The van der Waals surface area contributed by atoms with E-state index in [0.717, 1.165) is 0 Å². The lowest BCUT2D eigenvalue weighted by Crippen LogP contribution is -2.32. The molecular weight excluding hydrogens is 198 g/mol. The summed E-state index contributed by atoms with van der Waals surface area (Å²) in [5.41, 5.74) is 4.95. The fourth-order valence-electron chi connectivity index (χ4n) is 0.927. The molecule has 0 aliphatic carbocycles. The number of hydrogen-bond acceptors (Lipinski definition) is 4. The molecule has 0 fully saturated rings. The fraction of sp³-hybridized carbons (Fsp3) is 0.222. The van der Waals surface area contributed by atoms with E-state index in [0.29, 0.717) is 5.82 Å². The second-order valence-corrected chi connectivity index (χ2v) is 2.98. The number of nitrogens with one attached hydrogen (secondary N) is 1. The third kappa shape index (κ3) is 2.94. The standard InChI is InChI=1S/C9H11N3O3/c1-5(8(10)13)11-7-4-2-3-6(12-7)9(14)15/h2-5H,1H3,(H2,10,13)(H,11,12)(H,14,15). The summed E-state index contributed by atoms with van der Waals surface area (Å²) >= 11 is 0. The Balaban J connectivity index is 2.82. The molecule has 0 saturated carbocycles. The lowest BCUT2D eigenvalue weighted by atomic mass is 10.3. The summed E-state index contributed by atoms with van der Waals surface area (Å²) in [5.74, 6) is -1.34. The molecule has 0 bridgehead atoms. The van der Waals surface area contributed by atoms with Gasteiger partial charge in [0.15, 0.2) is 5.69 Å². The summed E-state index contributed by atoms with van der Waals surface area (Å²) in [7, 11) is 0. The maximum Gasteiger partial charge on any atom is 0.354 e. The number of aromatic carboxylic acids is 1. The van der Waals surface area contributed by atoms with Crippen molar-refractivity contribution in [3.63, 3.8) is 0 Å². The number of aromatic nitrogens is 1. The number of nitrogens with two attached hydrogens (primary N) is 1. The molecule has 6 nitrogen and oxygen atoms in total. The second kappa shape index (κ2) is 4.41. The number of rotatable bonds is 4. The van der Waals surface area contributed by atoms with Crippen LogP contribution in [0.1, 0.15) is 17.4 Å². The summed E-state index contributed by atoms with van der Waals surface area (Å²) in [5, 5.41) is 11.4. The molecule has 0 saturated heterocycles. The van der Waals surface area contributed by atoms with E-state index in [4.69, 9.17) is 10.8 Å². The van der Waals surface area contributed by atoms with Crippen LogP contribution in [0.3, 0.4) is 0 Å². The second-order valence-electron chi connectivity index (χ2n) is 2.98. The van der Waals surface area contributed by atoms with Gasteiger partial charge < -0.3 is 16.2 Å². The minimum absolute atomic E-state index is 0.0864. The molecule has 1 unspecified atom stereocenters. The molecule has 0 radical (unpaired) electrons. The Morgan fingerprint density at radius 2 is 2.20 bits per heavy atom. The predicted octanol–water partition coefficient (Wildman–Crippen LogP) is 0.0655. The number of carbonyl (C=O) groups is 2. The van der Waals surface area contributed by atoms with E-state index >= 15 is 0 Å². The molecule has 1 heterocycles. The van der Waals surface area contributed by atoms with Gasteiger partial charge in [-0.1, -0.05) is 6.07 Å². The third-order valence-corrected chi connectivity index (χ3v) is 1.76. The van der Waals surface area contributed by atoms with Crippen LogP contribution in [0.4, 0.5) is 5.82 Å². The number of amides is 1. The number of nitrogens with zero attached hydrogens (tertiary/aromatic N) is 1. The number of anilines is 1. The third-order valence-electron chi connectivity index (χ3n) is 1.76. The van der Waals surface area contributed by atoms with Crippen LogP contribution in [-0.2, 0) is 4.79 Å². The van der Waals surface area contributed by atoms with E-state index in [9.17, 15) is 9.59 Å². The van der Waals surface area contributed by atoms with Crippen molar-refractivity contribution in [2.75, 3.05) is 5.32 Å². The first kappa shape index (κ1) is 11.0. The molecule has 1 rings (SSSR count).